The lowest BCUT2D eigenvalue weighted by Crippen LogP contribution is -2.53. The van der Waals surface area contributed by atoms with E-state index in [2.05, 4.69) is 15.5 Å². The molecule has 0 radical (unpaired) electrons. The lowest BCUT2D eigenvalue weighted by molar-refractivity contribution is -0.135. The van der Waals surface area contributed by atoms with Crippen LogP contribution in [0.5, 0.6) is 0 Å². The minimum atomic E-state index is -0.610. The summed E-state index contributed by atoms with van der Waals surface area (Å²) in [5.41, 5.74) is 0.803. The molecule has 1 aliphatic heterocycles. The largest absolute Gasteiger partial charge is 0.459 e. The van der Waals surface area contributed by atoms with Crippen LogP contribution in [0.4, 0.5) is 0 Å². The van der Waals surface area contributed by atoms with Crippen molar-refractivity contribution < 1.29 is 14.0 Å². The normalized spacial score (nSPS) is 18.2. The van der Waals surface area contributed by atoms with E-state index in [4.69, 9.17) is 4.42 Å². The number of piperidine rings is 1. The van der Waals surface area contributed by atoms with Crippen molar-refractivity contribution in [2.24, 2.45) is 5.92 Å². The highest BCUT2D eigenvalue weighted by Crippen LogP contribution is 2.27. The number of amides is 2. The fourth-order valence-corrected chi connectivity index (χ4v) is 3.86. The summed E-state index contributed by atoms with van der Waals surface area (Å²) in [5, 5.41) is 11.4. The summed E-state index contributed by atoms with van der Waals surface area (Å²) in [4.78, 5) is 27.5. The highest BCUT2D eigenvalue weighted by atomic mass is 16.3. The highest BCUT2D eigenvalue weighted by Gasteiger charge is 2.34. The molecule has 2 atom stereocenters. The average molecular weight is 395 g/mol. The number of nitrogens with one attached hydrogen (secondary N) is 1. The van der Waals surface area contributed by atoms with Crippen molar-refractivity contribution in [3.8, 4) is 0 Å². The SMILES string of the molecule is CC(C)C(NC(=O)c1ccco1)C(=O)N1CCCC(c2nnc3ccccn23)C1. The van der Waals surface area contributed by atoms with Crippen molar-refractivity contribution in [3.05, 3.63) is 54.4 Å². The molecule has 1 fully saturated rings. The van der Waals surface area contributed by atoms with Crippen LogP contribution in [0.1, 0.15) is 49.0 Å². The summed E-state index contributed by atoms with van der Waals surface area (Å²) in [6.45, 7) is 5.09. The second-order valence-corrected chi connectivity index (χ2v) is 7.78. The van der Waals surface area contributed by atoms with Crippen LogP contribution in [-0.4, -0.2) is 50.4 Å². The van der Waals surface area contributed by atoms with Crippen LogP contribution in [0.25, 0.3) is 5.65 Å². The van der Waals surface area contributed by atoms with E-state index in [0.29, 0.717) is 13.1 Å². The van der Waals surface area contributed by atoms with Crippen molar-refractivity contribution in [1.29, 1.82) is 0 Å². The van der Waals surface area contributed by atoms with Crippen LogP contribution in [0.3, 0.4) is 0 Å². The Hall–Kier alpha value is -3.16. The van der Waals surface area contributed by atoms with E-state index < -0.39 is 6.04 Å². The van der Waals surface area contributed by atoms with Crippen LogP contribution < -0.4 is 5.32 Å². The van der Waals surface area contributed by atoms with Crippen LogP contribution in [0.2, 0.25) is 0 Å². The maximum Gasteiger partial charge on any atom is 0.287 e. The molecule has 4 rings (SSSR count). The molecule has 3 aromatic rings. The van der Waals surface area contributed by atoms with E-state index >= 15 is 0 Å². The van der Waals surface area contributed by atoms with Gasteiger partial charge in [-0.25, -0.2) is 0 Å². The lowest BCUT2D eigenvalue weighted by atomic mass is 9.95. The first kappa shape index (κ1) is 19.2. The van der Waals surface area contributed by atoms with E-state index in [-0.39, 0.29) is 29.4 Å². The van der Waals surface area contributed by atoms with Crippen LogP contribution in [-0.2, 0) is 4.79 Å². The second-order valence-electron chi connectivity index (χ2n) is 7.78. The van der Waals surface area contributed by atoms with Gasteiger partial charge in [0.15, 0.2) is 11.4 Å². The molecule has 0 saturated carbocycles. The third-order valence-electron chi connectivity index (χ3n) is 5.40. The van der Waals surface area contributed by atoms with E-state index in [0.717, 1.165) is 24.3 Å². The van der Waals surface area contributed by atoms with Crippen LogP contribution in [0.15, 0.2) is 47.2 Å². The number of furan rings is 1. The Labute approximate surface area is 168 Å². The molecule has 8 heteroatoms. The van der Waals surface area contributed by atoms with Crippen molar-refractivity contribution in [1.82, 2.24) is 24.8 Å². The fourth-order valence-electron chi connectivity index (χ4n) is 3.86. The molecule has 152 valence electrons. The third kappa shape index (κ3) is 3.87. The maximum absolute atomic E-state index is 13.3. The minimum Gasteiger partial charge on any atom is -0.459 e. The number of fused-ring (bicyclic) bond motifs is 1. The molecule has 0 aromatic carbocycles. The first-order valence-electron chi connectivity index (χ1n) is 9.97. The summed E-state index contributed by atoms with van der Waals surface area (Å²) in [7, 11) is 0. The van der Waals surface area contributed by atoms with Gasteiger partial charge in [0.1, 0.15) is 11.9 Å². The minimum absolute atomic E-state index is 0.0456. The Bertz CT molecular complexity index is 995. The molecule has 2 amide bonds. The Morgan fingerprint density at radius 3 is 2.83 bits per heavy atom. The Balaban J connectivity index is 1.50. The average Bonchev–Trinajstić information content (AvgIpc) is 3.41. The number of pyridine rings is 1. The number of likely N-dealkylation sites (tertiary alicyclic amines) is 1. The lowest BCUT2D eigenvalue weighted by Gasteiger charge is -2.35. The summed E-state index contributed by atoms with van der Waals surface area (Å²) < 4.78 is 7.14. The van der Waals surface area contributed by atoms with Crippen molar-refractivity contribution in [2.45, 2.75) is 38.6 Å². The highest BCUT2D eigenvalue weighted by molar-refractivity contribution is 5.95. The van der Waals surface area contributed by atoms with Gasteiger partial charge in [-0.2, -0.15) is 0 Å². The molecule has 3 aromatic heterocycles. The Kier molecular flexibility index (Phi) is 5.33. The number of rotatable bonds is 5. The summed E-state index contributed by atoms with van der Waals surface area (Å²) in [6, 6.07) is 8.43. The van der Waals surface area contributed by atoms with Gasteiger partial charge in [-0.05, 0) is 43.0 Å². The van der Waals surface area contributed by atoms with Gasteiger partial charge in [-0.1, -0.05) is 19.9 Å². The topological polar surface area (TPSA) is 92.7 Å². The molecule has 0 spiro atoms. The smallest absolute Gasteiger partial charge is 0.287 e. The second kappa shape index (κ2) is 8.06. The summed E-state index contributed by atoms with van der Waals surface area (Å²) in [6.07, 6.45) is 5.23. The quantitative estimate of drug-likeness (QED) is 0.716. The molecular formula is C21H25N5O3. The number of hydrogen-bond donors (Lipinski definition) is 1. The monoisotopic (exact) mass is 395 g/mol. The number of carbonyl (C=O) groups excluding carboxylic acids is 2. The van der Waals surface area contributed by atoms with Crippen molar-refractivity contribution in [3.63, 3.8) is 0 Å². The Morgan fingerprint density at radius 1 is 1.21 bits per heavy atom. The van der Waals surface area contributed by atoms with Gasteiger partial charge >= 0.3 is 0 Å². The van der Waals surface area contributed by atoms with Crippen molar-refractivity contribution in [2.75, 3.05) is 13.1 Å². The molecular weight excluding hydrogens is 370 g/mol. The van der Waals surface area contributed by atoms with Gasteiger partial charge in [0, 0.05) is 25.2 Å². The molecule has 0 aliphatic carbocycles. The van der Waals surface area contributed by atoms with Gasteiger partial charge in [-0.15, -0.1) is 10.2 Å². The van der Waals surface area contributed by atoms with E-state index in [1.807, 2.05) is 47.5 Å². The number of aromatic nitrogens is 3. The molecule has 2 unspecified atom stereocenters. The van der Waals surface area contributed by atoms with Gasteiger partial charge in [0.25, 0.3) is 5.91 Å². The first-order valence-corrected chi connectivity index (χ1v) is 9.97. The van der Waals surface area contributed by atoms with Crippen LogP contribution in [0, 0.1) is 5.92 Å². The zero-order valence-corrected chi connectivity index (χ0v) is 16.6. The maximum atomic E-state index is 13.3. The van der Waals surface area contributed by atoms with Gasteiger partial charge in [0.05, 0.1) is 6.26 Å². The zero-order chi connectivity index (χ0) is 20.4. The Morgan fingerprint density at radius 2 is 2.07 bits per heavy atom. The molecule has 1 aliphatic rings. The van der Waals surface area contributed by atoms with Crippen LogP contribution >= 0.6 is 0 Å². The summed E-state index contributed by atoms with van der Waals surface area (Å²) in [5.74, 6) is 0.695. The molecule has 29 heavy (non-hydrogen) atoms. The van der Waals surface area contributed by atoms with Gasteiger partial charge < -0.3 is 14.6 Å². The molecule has 1 N–H and O–H groups in total. The standard InChI is InChI=1S/C21H25N5O3/c1-14(2)18(22-20(27)16-8-6-12-29-16)21(28)25-10-5-7-15(13-25)19-24-23-17-9-3-4-11-26(17)19/h3-4,6,8-9,11-12,14-15,18H,5,7,10,13H2,1-2H3,(H,22,27). The third-order valence-corrected chi connectivity index (χ3v) is 5.40. The van der Waals surface area contributed by atoms with Crippen molar-refractivity contribution >= 4 is 17.5 Å². The number of nitrogens with zero attached hydrogens (tertiary/aromatic N) is 4. The molecule has 0 bridgehead atoms. The van der Waals surface area contributed by atoms with E-state index in [1.165, 1.54) is 6.26 Å². The summed E-state index contributed by atoms with van der Waals surface area (Å²) >= 11 is 0. The molecule has 1 saturated heterocycles. The molecule has 8 nitrogen and oxygen atoms in total. The predicted molar refractivity (Wildman–Crippen MR) is 106 cm³/mol. The first-order chi connectivity index (χ1) is 14.0. The number of carbonyl (C=O) groups is 2. The van der Waals surface area contributed by atoms with E-state index in [1.54, 1.807) is 12.1 Å². The number of hydrogen-bond acceptors (Lipinski definition) is 5. The fraction of sp³-hybridized carbons (Fsp3) is 0.429. The van der Waals surface area contributed by atoms with Gasteiger partial charge in [-0.3, -0.25) is 14.0 Å². The van der Waals surface area contributed by atoms with E-state index in [9.17, 15) is 9.59 Å². The zero-order valence-electron chi connectivity index (χ0n) is 16.6. The van der Waals surface area contributed by atoms with Gasteiger partial charge in [0.2, 0.25) is 5.91 Å². The molecule has 4 heterocycles. The predicted octanol–water partition coefficient (Wildman–Crippen LogP) is 2.48.